The number of amides is 2. The zero-order chi connectivity index (χ0) is 20.1. The van der Waals surface area contributed by atoms with Gasteiger partial charge in [0.25, 0.3) is 11.8 Å². The maximum absolute atomic E-state index is 14.2. The molecule has 1 heterocycles. The summed E-state index contributed by atoms with van der Waals surface area (Å²) in [4.78, 5) is 36.4. The van der Waals surface area contributed by atoms with Crippen LogP contribution in [-0.4, -0.2) is 31.5 Å². The molecule has 3 aromatic rings. The first-order valence-corrected chi connectivity index (χ1v) is 9.08. The molecule has 0 unspecified atom stereocenters. The maximum atomic E-state index is 14.2. The molecule has 1 N–H and O–H groups in total. The van der Waals surface area contributed by atoms with Crippen molar-refractivity contribution in [2.75, 3.05) is 13.7 Å². The number of hydrogen-bond donors (Lipinski definition) is 1. The number of carbonyl (C=O) groups excluding carboxylic acids is 3. The summed E-state index contributed by atoms with van der Waals surface area (Å²) in [6, 6.07) is 12.7. The standard InChI is InChI=1S/C20H16FNO5S/c1-26-10-13-17-14(21)8-5-9-15(17)28-18(13)20(25)27-11-16(23)22-19(24)12-6-3-2-4-7-12/h2-9H,10-11H2,1H3,(H,22,23,24). The Morgan fingerprint density at radius 3 is 2.54 bits per heavy atom. The predicted molar refractivity (Wildman–Crippen MR) is 102 cm³/mol. The summed E-state index contributed by atoms with van der Waals surface area (Å²) in [5, 5.41) is 2.44. The quantitative estimate of drug-likeness (QED) is 0.641. The molecule has 2 aromatic carbocycles. The average molecular weight is 401 g/mol. The number of halogens is 1. The van der Waals surface area contributed by atoms with Crippen molar-refractivity contribution in [3.8, 4) is 0 Å². The normalized spacial score (nSPS) is 10.6. The molecule has 1 aromatic heterocycles. The molecular formula is C20H16FNO5S. The van der Waals surface area contributed by atoms with Gasteiger partial charge in [-0.2, -0.15) is 0 Å². The molecule has 2 amide bonds. The van der Waals surface area contributed by atoms with Crippen LogP contribution in [-0.2, 0) is 20.9 Å². The summed E-state index contributed by atoms with van der Waals surface area (Å²) in [6.45, 7) is -0.620. The van der Waals surface area contributed by atoms with Gasteiger partial charge in [0.2, 0.25) is 0 Å². The van der Waals surface area contributed by atoms with Crippen molar-refractivity contribution >= 4 is 39.2 Å². The van der Waals surface area contributed by atoms with E-state index in [1.54, 1.807) is 42.5 Å². The fourth-order valence-corrected chi connectivity index (χ4v) is 3.75. The van der Waals surface area contributed by atoms with Gasteiger partial charge in [-0.3, -0.25) is 14.9 Å². The lowest BCUT2D eigenvalue weighted by atomic mass is 10.1. The summed E-state index contributed by atoms with van der Waals surface area (Å²) in [7, 11) is 1.43. The third-order valence-corrected chi connectivity index (χ3v) is 5.04. The van der Waals surface area contributed by atoms with Gasteiger partial charge in [0.1, 0.15) is 10.7 Å². The molecule has 0 spiro atoms. The molecule has 6 nitrogen and oxygen atoms in total. The lowest BCUT2D eigenvalue weighted by molar-refractivity contribution is -0.123. The topological polar surface area (TPSA) is 81.7 Å². The first-order chi connectivity index (χ1) is 13.5. The smallest absolute Gasteiger partial charge is 0.349 e. The second-order valence-electron chi connectivity index (χ2n) is 5.78. The van der Waals surface area contributed by atoms with Crippen molar-refractivity contribution < 1.29 is 28.2 Å². The molecule has 0 fully saturated rings. The SMILES string of the molecule is COCc1c(C(=O)OCC(=O)NC(=O)c2ccccc2)sc2cccc(F)c12. The first kappa shape index (κ1) is 19.7. The van der Waals surface area contributed by atoms with E-state index in [-0.39, 0.29) is 11.5 Å². The fraction of sp³-hybridized carbons (Fsp3) is 0.150. The van der Waals surface area contributed by atoms with E-state index in [0.717, 1.165) is 11.3 Å². The second kappa shape index (κ2) is 8.73. The summed E-state index contributed by atoms with van der Waals surface area (Å²) in [5.74, 6) is -2.60. The largest absolute Gasteiger partial charge is 0.451 e. The number of esters is 1. The van der Waals surface area contributed by atoms with E-state index >= 15 is 0 Å². The fourth-order valence-electron chi connectivity index (χ4n) is 2.64. The van der Waals surface area contributed by atoms with E-state index in [1.807, 2.05) is 0 Å². The number of thiophene rings is 1. The van der Waals surface area contributed by atoms with Crippen LogP contribution in [0.15, 0.2) is 48.5 Å². The van der Waals surface area contributed by atoms with Crippen LogP contribution >= 0.6 is 11.3 Å². The lowest BCUT2D eigenvalue weighted by Gasteiger charge is -2.07. The van der Waals surface area contributed by atoms with Crippen LogP contribution in [0.3, 0.4) is 0 Å². The summed E-state index contributed by atoms with van der Waals surface area (Å²) < 4.78 is 24.8. The van der Waals surface area contributed by atoms with Gasteiger partial charge in [-0.15, -0.1) is 11.3 Å². The molecule has 0 bridgehead atoms. The monoisotopic (exact) mass is 401 g/mol. The highest BCUT2D eigenvalue weighted by Gasteiger charge is 2.22. The van der Waals surface area contributed by atoms with Gasteiger partial charge in [-0.05, 0) is 24.3 Å². The van der Waals surface area contributed by atoms with Crippen molar-refractivity contribution in [1.29, 1.82) is 0 Å². The summed E-state index contributed by atoms with van der Waals surface area (Å²) in [5.41, 5.74) is 0.677. The first-order valence-electron chi connectivity index (χ1n) is 8.26. The van der Waals surface area contributed by atoms with Crippen LogP contribution in [0.4, 0.5) is 4.39 Å². The van der Waals surface area contributed by atoms with Crippen molar-refractivity contribution in [2.45, 2.75) is 6.61 Å². The summed E-state index contributed by atoms with van der Waals surface area (Å²) >= 11 is 1.06. The van der Waals surface area contributed by atoms with Crippen molar-refractivity contribution in [3.63, 3.8) is 0 Å². The Morgan fingerprint density at radius 2 is 1.82 bits per heavy atom. The molecule has 8 heteroatoms. The van der Waals surface area contributed by atoms with Crippen LogP contribution in [0.25, 0.3) is 10.1 Å². The number of fused-ring (bicyclic) bond motifs is 1. The average Bonchev–Trinajstić information content (AvgIpc) is 3.07. The number of methoxy groups -OCH3 is 1. The highest BCUT2D eigenvalue weighted by molar-refractivity contribution is 7.21. The third-order valence-electron chi connectivity index (χ3n) is 3.86. The zero-order valence-electron chi connectivity index (χ0n) is 14.9. The van der Waals surface area contributed by atoms with Crippen LogP contribution in [0.1, 0.15) is 25.6 Å². The van der Waals surface area contributed by atoms with Crippen LogP contribution < -0.4 is 5.32 Å². The number of benzene rings is 2. The molecule has 0 radical (unpaired) electrons. The minimum atomic E-state index is -0.782. The van der Waals surface area contributed by atoms with Crippen LogP contribution in [0.5, 0.6) is 0 Å². The van der Waals surface area contributed by atoms with Gasteiger partial charge in [0.05, 0.1) is 6.61 Å². The number of rotatable bonds is 6. The molecule has 0 aliphatic rings. The van der Waals surface area contributed by atoms with Gasteiger partial charge in [0.15, 0.2) is 6.61 Å². The lowest BCUT2D eigenvalue weighted by Crippen LogP contribution is -2.34. The minimum Gasteiger partial charge on any atom is -0.451 e. The molecule has 3 rings (SSSR count). The molecular weight excluding hydrogens is 385 g/mol. The molecule has 0 atom stereocenters. The van der Waals surface area contributed by atoms with Crippen LogP contribution in [0, 0.1) is 5.82 Å². The Morgan fingerprint density at radius 1 is 1.07 bits per heavy atom. The minimum absolute atomic E-state index is 0.0179. The van der Waals surface area contributed by atoms with E-state index in [2.05, 4.69) is 5.32 Å². The molecule has 144 valence electrons. The molecule has 28 heavy (non-hydrogen) atoms. The Balaban J connectivity index is 1.69. The van der Waals surface area contributed by atoms with Crippen LogP contribution in [0.2, 0.25) is 0 Å². The van der Waals surface area contributed by atoms with Crippen molar-refractivity contribution in [2.24, 2.45) is 0 Å². The predicted octanol–water partition coefficient (Wildman–Crippen LogP) is 3.30. The molecule has 0 saturated heterocycles. The highest BCUT2D eigenvalue weighted by Crippen LogP contribution is 2.34. The van der Waals surface area contributed by atoms with Crippen molar-refractivity contribution in [3.05, 3.63) is 70.4 Å². The Hall–Kier alpha value is -3.10. The van der Waals surface area contributed by atoms with E-state index in [9.17, 15) is 18.8 Å². The van der Waals surface area contributed by atoms with Gasteiger partial charge >= 0.3 is 5.97 Å². The van der Waals surface area contributed by atoms with E-state index in [4.69, 9.17) is 9.47 Å². The third kappa shape index (κ3) is 4.24. The van der Waals surface area contributed by atoms with E-state index < -0.39 is 30.2 Å². The van der Waals surface area contributed by atoms with Gasteiger partial charge in [0, 0.05) is 28.3 Å². The van der Waals surface area contributed by atoms with Gasteiger partial charge in [-0.1, -0.05) is 24.3 Å². The molecule has 0 aliphatic heterocycles. The maximum Gasteiger partial charge on any atom is 0.349 e. The number of imide groups is 1. The Bertz CT molecular complexity index is 1030. The Kier molecular flexibility index (Phi) is 6.13. The van der Waals surface area contributed by atoms with Gasteiger partial charge < -0.3 is 9.47 Å². The number of carbonyl (C=O) groups is 3. The van der Waals surface area contributed by atoms with Gasteiger partial charge in [-0.25, -0.2) is 9.18 Å². The van der Waals surface area contributed by atoms with E-state index in [1.165, 1.54) is 13.2 Å². The number of hydrogen-bond acceptors (Lipinski definition) is 6. The molecule has 0 saturated carbocycles. The zero-order valence-corrected chi connectivity index (χ0v) is 15.7. The number of ether oxygens (including phenoxy) is 2. The molecule has 0 aliphatic carbocycles. The summed E-state index contributed by atoms with van der Waals surface area (Å²) in [6.07, 6.45) is 0. The van der Waals surface area contributed by atoms with Crippen molar-refractivity contribution in [1.82, 2.24) is 5.32 Å². The number of nitrogens with one attached hydrogen (secondary N) is 1. The highest BCUT2D eigenvalue weighted by atomic mass is 32.1. The second-order valence-corrected chi connectivity index (χ2v) is 6.83. The Labute approximate surface area is 163 Å². The van der Waals surface area contributed by atoms with E-state index in [0.29, 0.717) is 21.2 Å².